The molecule has 1 heterocycles. The first-order chi connectivity index (χ1) is 14.8. The van der Waals surface area contributed by atoms with Gasteiger partial charge in [-0.3, -0.25) is 9.59 Å². The number of aliphatic carboxylic acids is 1. The second kappa shape index (κ2) is 8.77. The number of aryl methyl sites for hydroxylation is 1. The monoisotopic (exact) mass is 445 g/mol. The van der Waals surface area contributed by atoms with Crippen LogP contribution in [0.4, 0.5) is 5.00 Å². The molecular weight excluding hydrogens is 414 g/mol. The molecule has 3 aliphatic carbocycles. The van der Waals surface area contributed by atoms with Gasteiger partial charge in [-0.2, -0.15) is 0 Å². The molecule has 1 amide bonds. The Hall–Kier alpha value is -2.15. The van der Waals surface area contributed by atoms with E-state index in [1.165, 1.54) is 11.3 Å². The van der Waals surface area contributed by atoms with Gasteiger partial charge < -0.3 is 15.2 Å². The first-order valence-electron chi connectivity index (χ1n) is 11.4. The number of nitrogens with one attached hydrogen (secondary N) is 1. The normalized spacial score (nSPS) is 26.9. The van der Waals surface area contributed by atoms with E-state index in [2.05, 4.69) is 5.32 Å². The highest BCUT2D eigenvalue weighted by Crippen LogP contribution is 2.57. The molecule has 0 aliphatic heterocycles. The fraction of sp³-hybridized carbons (Fsp3) is 0.625. The van der Waals surface area contributed by atoms with Gasteiger partial charge in [0.15, 0.2) is 0 Å². The van der Waals surface area contributed by atoms with Crippen LogP contribution in [0.1, 0.15) is 73.7 Å². The second-order valence-corrected chi connectivity index (χ2v) is 10.2. The van der Waals surface area contributed by atoms with E-state index in [1.807, 2.05) is 13.8 Å². The number of hydrogen-bond acceptors (Lipinski definition) is 5. The third-order valence-electron chi connectivity index (χ3n) is 7.14. The largest absolute Gasteiger partial charge is 0.481 e. The van der Waals surface area contributed by atoms with Crippen molar-refractivity contribution < 1.29 is 24.2 Å². The minimum absolute atomic E-state index is 0.0278. The summed E-state index contributed by atoms with van der Waals surface area (Å²) in [4.78, 5) is 39.5. The topological polar surface area (TPSA) is 92.7 Å². The van der Waals surface area contributed by atoms with E-state index in [0.29, 0.717) is 10.6 Å². The number of anilines is 1. The minimum atomic E-state index is -0.904. The number of esters is 1. The lowest BCUT2D eigenvalue weighted by Gasteiger charge is -2.26. The summed E-state index contributed by atoms with van der Waals surface area (Å²) in [6.45, 7) is 6.06. The summed E-state index contributed by atoms with van der Waals surface area (Å²) >= 11 is 1.46. The van der Waals surface area contributed by atoms with E-state index >= 15 is 0 Å². The molecule has 0 saturated heterocycles. The molecule has 2 fully saturated rings. The summed E-state index contributed by atoms with van der Waals surface area (Å²) in [7, 11) is 0. The maximum Gasteiger partial charge on any atom is 0.341 e. The van der Waals surface area contributed by atoms with Gasteiger partial charge >= 0.3 is 11.9 Å². The lowest BCUT2D eigenvalue weighted by molar-refractivity contribution is -0.148. The molecule has 4 atom stereocenters. The van der Waals surface area contributed by atoms with Gasteiger partial charge in [0.25, 0.3) is 0 Å². The van der Waals surface area contributed by atoms with E-state index in [-0.39, 0.29) is 24.3 Å². The number of carbonyl (C=O) groups is 3. The van der Waals surface area contributed by atoms with Crippen molar-refractivity contribution >= 4 is 34.2 Å². The summed E-state index contributed by atoms with van der Waals surface area (Å²) in [6.07, 6.45) is 6.59. The van der Waals surface area contributed by atoms with Crippen LogP contribution in [0.2, 0.25) is 0 Å². The third-order valence-corrected chi connectivity index (χ3v) is 8.35. The molecule has 6 nitrogen and oxygen atoms in total. The Morgan fingerprint density at radius 2 is 1.74 bits per heavy atom. The van der Waals surface area contributed by atoms with Gasteiger partial charge in [-0.25, -0.2) is 4.79 Å². The highest BCUT2D eigenvalue weighted by atomic mass is 32.1. The summed E-state index contributed by atoms with van der Waals surface area (Å²) in [6, 6.07) is 0. The predicted octanol–water partition coefficient (Wildman–Crippen LogP) is 4.83. The van der Waals surface area contributed by atoms with E-state index in [4.69, 9.17) is 4.74 Å². The van der Waals surface area contributed by atoms with Gasteiger partial charge in [-0.15, -0.1) is 11.3 Å². The number of carboxylic acids is 1. The Labute approximate surface area is 187 Å². The SMILES string of the molecule is CCOC(=O)c1c(NC(=O)[C@@H]2[C@@H](C(=O)O)[C@@H]3CC[C@@H]2C3=C(C)C)sc2c1CCCCC2. The molecule has 1 aromatic heterocycles. The van der Waals surface area contributed by atoms with Crippen molar-refractivity contribution in [2.45, 2.75) is 65.7 Å². The zero-order valence-electron chi connectivity index (χ0n) is 18.5. The van der Waals surface area contributed by atoms with Crippen LogP contribution in [0.5, 0.6) is 0 Å². The fourth-order valence-corrected chi connectivity index (χ4v) is 7.33. The van der Waals surface area contributed by atoms with Crippen molar-refractivity contribution in [2.24, 2.45) is 23.7 Å². The minimum Gasteiger partial charge on any atom is -0.481 e. The Balaban J connectivity index is 1.68. The molecule has 1 aromatic rings. The maximum absolute atomic E-state index is 13.5. The molecule has 2 bridgehead atoms. The van der Waals surface area contributed by atoms with Crippen LogP contribution in [-0.4, -0.2) is 29.6 Å². The Morgan fingerprint density at radius 3 is 2.39 bits per heavy atom. The molecule has 31 heavy (non-hydrogen) atoms. The zero-order valence-corrected chi connectivity index (χ0v) is 19.3. The van der Waals surface area contributed by atoms with E-state index in [1.54, 1.807) is 6.92 Å². The second-order valence-electron chi connectivity index (χ2n) is 9.11. The number of carbonyl (C=O) groups excluding carboxylic acids is 2. The van der Waals surface area contributed by atoms with Crippen LogP contribution < -0.4 is 5.32 Å². The molecular formula is C24H31NO5S. The van der Waals surface area contributed by atoms with Crippen molar-refractivity contribution in [3.05, 3.63) is 27.2 Å². The summed E-state index contributed by atoms with van der Waals surface area (Å²) in [5.41, 5.74) is 3.77. The lowest BCUT2D eigenvalue weighted by atomic mass is 9.78. The van der Waals surface area contributed by atoms with Crippen LogP contribution in [0.25, 0.3) is 0 Å². The molecule has 3 aliphatic rings. The van der Waals surface area contributed by atoms with Crippen LogP contribution >= 0.6 is 11.3 Å². The van der Waals surface area contributed by atoms with Gasteiger partial charge in [0, 0.05) is 4.88 Å². The maximum atomic E-state index is 13.5. The zero-order chi connectivity index (χ0) is 22.3. The number of ether oxygens (including phenoxy) is 1. The molecule has 0 radical (unpaired) electrons. The molecule has 2 saturated carbocycles. The molecule has 7 heteroatoms. The van der Waals surface area contributed by atoms with Crippen LogP contribution in [0.15, 0.2) is 11.1 Å². The Morgan fingerprint density at radius 1 is 1.06 bits per heavy atom. The van der Waals surface area contributed by atoms with Crippen molar-refractivity contribution in [2.75, 3.05) is 11.9 Å². The summed E-state index contributed by atoms with van der Waals surface area (Å²) < 4.78 is 5.31. The van der Waals surface area contributed by atoms with Gasteiger partial charge in [0.05, 0.1) is 24.0 Å². The third kappa shape index (κ3) is 3.81. The number of rotatable bonds is 5. The molecule has 0 aromatic carbocycles. The standard InChI is InChI=1S/C24H31NO5S/c1-4-30-24(29)20-13-8-6-5-7-9-16(13)31-22(20)25-21(26)18-14-10-11-15(17(14)12(2)3)19(18)23(27)28/h14-15,18-19H,4-11H2,1-3H3,(H,25,26)(H,27,28)/t14-,15-,18+,19+/m1/s1. The van der Waals surface area contributed by atoms with Gasteiger partial charge in [0.1, 0.15) is 5.00 Å². The van der Waals surface area contributed by atoms with Crippen molar-refractivity contribution in [3.8, 4) is 0 Å². The molecule has 2 N–H and O–H groups in total. The van der Waals surface area contributed by atoms with Gasteiger partial charge in [0.2, 0.25) is 5.91 Å². The number of amides is 1. The number of fused-ring (bicyclic) bond motifs is 3. The van der Waals surface area contributed by atoms with E-state index in [0.717, 1.165) is 66.5 Å². The predicted molar refractivity (Wildman–Crippen MR) is 119 cm³/mol. The Kier molecular flexibility index (Phi) is 6.24. The van der Waals surface area contributed by atoms with Crippen LogP contribution in [-0.2, 0) is 27.2 Å². The van der Waals surface area contributed by atoms with Gasteiger partial charge in [-0.05, 0) is 76.7 Å². The van der Waals surface area contributed by atoms with E-state index < -0.39 is 23.8 Å². The van der Waals surface area contributed by atoms with Crippen molar-refractivity contribution in [1.29, 1.82) is 0 Å². The first kappa shape index (κ1) is 22.1. The Bertz CT molecular complexity index is 942. The van der Waals surface area contributed by atoms with Crippen LogP contribution in [0.3, 0.4) is 0 Å². The lowest BCUT2D eigenvalue weighted by Crippen LogP contribution is -2.38. The highest BCUT2D eigenvalue weighted by Gasteiger charge is 2.57. The average Bonchev–Trinajstić information content (AvgIpc) is 3.32. The average molecular weight is 446 g/mol. The van der Waals surface area contributed by atoms with Gasteiger partial charge in [-0.1, -0.05) is 17.6 Å². The summed E-state index contributed by atoms with van der Waals surface area (Å²) in [5.74, 6) is -2.97. The number of carboxylic acid groups (broad SMARTS) is 1. The summed E-state index contributed by atoms with van der Waals surface area (Å²) in [5, 5.41) is 13.4. The molecule has 0 unspecified atom stereocenters. The molecule has 168 valence electrons. The smallest absolute Gasteiger partial charge is 0.341 e. The highest BCUT2D eigenvalue weighted by molar-refractivity contribution is 7.17. The number of hydrogen-bond donors (Lipinski definition) is 2. The fourth-order valence-electron chi connectivity index (χ4n) is 6.05. The quantitative estimate of drug-likeness (QED) is 0.385. The first-order valence-corrected chi connectivity index (χ1v) is 12.2. The van der Waals surface area contributed by atoms with Crippen LogP contribution in [0, 0.1) is 23.7 Å². The molecule has 4 rings (SSSR count). The molecule has 0 spiro atoms. The van der Waals surface area contributed by atoms with Crippen molar-refractivity contribution in [3.63, 3.8) is 0 Å². The number of thiophene rings is 1. The number of allylic oxidation sites excluding steroid dienone is 2. The van der Waals surface area contributed by atoms with Crippen molar-refractivity contribution in [1.82, 2.24) is 0 Å². The van der Waals surface area contributed by atoms with E-state index in [9.17, 15) is 19.5 Å².